The Labute approximate surface area is 475 Å². The molecule has 6 rings (SSSR count). The van der Waals surface area contributed by atoms with Gasteiger partial charge >= 0.3 is 41.2 Å². The van der Waals surface area contributed by atoms with E-state index in [9.17, 15) is 73.2 Å². The number of Topliss-reactive ketones (excluding diaryl/α,β-unsaturated/α-hetero) is 1. The van der Waals surface area contributed by atoms with Gasteiger partial charge < -0.3 is 80.6 Å². The van der Waals surface area contributed by atoms with Crippen LogP contribution < -0.4 is 46.0 Å². The van der Waals surface area contributed by atoms with Crippen molar-refractivity contribution in [3.05, 3.63) is 29.6 Å². The van der Waals surface area contributed by atoms with Gasteiger partial charge in [0, 0.05) is 70.5 Å². The van der Waals surface area contributed by atoms with E-state index in [1.807, 2.05) is 15.5 Å². The summed E-state index contributed by atoms with van der Waals surface area (Å²) in [6.07, 6.45) is 3.23. The Kier molecular flexibility index (Phi) is 29.2. The zero-order chi connectivity index (χ0) is 55.9. The van der Waals surface area contributed by atoms with Crippen LogP contribution in [0.15, 0.2) is 18.3 Å². The van der Waals surface area contributed by atoms with Gasteiger partial charge in [0.15, 0.2) is 5.78 Å². The zero-order valence-electron chi connectivity index (χ0n) is 45.2. The van der Waals surface area contributed by atoms with Gasteiger partial charge in [-0.25, -0.2) is 0 Å². The molecule has 5 heterocycles. The summed E-state index contributed by atoms with van der Waals surface area (Å²) in [5.74, 6) is -9.32. The van der Waals surface area contributed by atoms with E-state index in [1.54, 1.807) is 29.8 Å². The first kappa shape index (κ1) is 70.6. The second-order valence-electron chi connectivity index (χ2n) is 20.5. The number of amides is 6. The zero-order valence-corrected chi connectivity index (χ0v) is 46.4. The average molecular weight is 1170 g/mol. The number of halogens is 3. The molecule has 6 amide bonds. The molecule has 10 N–H and O–H groups in total. The molecule has 0 bridgehead atoms. The van der Waals surface area contributed by atoms with E-state index in [-0.39, 0.29) is 88.3 Å². The number of nitrogens with one attached hydrogen (secondary N) is 6. The van der Waals surface area contributed by atoms with Crippen LogP contribution in [-0.4, -0.2) is 249 Å². The Bertz CT molecular complexity index is 2400. The average Bonchev–Trinajstić information content (AvgIpc) is 3.99. The van der Waals surface area contributed by atoms with Crippen molar-refractivity contribution in [2.24, 2.45) is 17.8 Å². The molecule has 0 saturated carbocycles. The number of carbonyl (C=O) groups excluding carboxylic acids is 8. The molecule has 81 heavy (non-hydrogen) atoms. The molecule has 27 nitrogen and oxygen atoms in total. The minimum atomic E-state index is -1.50. The van der Waals surface area contributed by atoms with Gasteiger partial charge in [-0.15, -0.1) is 0 Å². The second-order valence-corrected chi connectivity index (χ2v) is 20.5. The SMILES string of the molecule is CCC(C)C(NC(=O)CNC(=O)CNC(=O)C(CCC(=O)O)NC(=O)CN1CCC(CN2CCN(CC(=O)O)CCN(CC(=O)O)CC2)CC1)C(=O)N[C@H]1CCn2ccc3c2C(=C[C@@H](C(=O)NC2CC(=O)OC2O)C3)C1=O.[Al+3].[F-].[F-].[F-]. The number of ether oxygens (including phenoxy) is 1. The number of aryl methyl sites for hydroxylation is 1. The first-order valence-corrected chi connectivity index (χ1v) is 26.3. The van der Waals surface area contributed by atoms with Crippen molar-refractivity contribution in [3.8, 4) is 0 Å². The van der Waals surface area contributed by atoms with Crippen molar-refractivity contribution in [1.82, 2.24) is 56.1 Å². The summed E-state index contributed by atoms with van der Waals surface area (Å²) >= 11 is 0. The van der Waals surface area contributed by atoms with Crippen LogP contribution in [0.3, 0.4) is 0 Å². The number of rotatable bonds is 24. The van der Waals surface area contributed by atoms with Crippen LogP contribution in [0, 0.1) is 17.8 Å². The van der Waals surface area contributed by atoms with Crippen LogP contribution >= 0.6 is 0 Å². The van der Waals surface area contributed by atoms with Crippen molar-refractivity contribution in [3.63, 3.8) is 0 Å². The monoisotopic (exact) mass is 1170 g/mol. The van der Waals surface area contributed by atoms with E-state index in [0.29, 0.717) is 77.6 Å². The molecular formula is C50H73AlF3N11O16. The fraction of sp³-hybridized carbons (Fsp3) is 0.660. The van der Waals surface area contributed by atoms with E-state index in [2.05, 4.69) is 36.8 Å². The predicted molar refractivity (Wildman–Crippen MR) is 276 cm³/mol. The predicted octanol–water partition coefficient (Wildman–Crippen LogP) is -13.2. The summed E-state index contributed by atoms with van der Waals surface area (Å²) in [6, 6.07) is -2.62. The van der Waals surface area contributed by atoms with E-state index in [1.165, 1.54) is 6.08 Å². The molecule has 0 radical (unpaired) electrons. The number of hydrogen-bond acceptors (Lipinski definition) is 17. The third-order valence-corrected chi connectivity index (χ3v) is 14.8. The van der Waals surface area contributed by atoms with Crippen LogP contribution in [0.25, 0.3) is 5.57 Å². The number of nitrogens with zero attached hydrogens (tertiary/aromatic N) is 5. The second kappa shape index (κ2) is 33.4. The number of esters is 1. The molecule has 448 valence electrons. The summed E-state index contributed by atoms with van der Waals surface area (Å²) in [5, 5.41) is 53.6. The number of carbonyl (C=O) groups is 11. The van der Waals surface area contributed by atoms with Crippen LogP contribution in [0.1, 0.15) is 70.1 Å². The van der Waals surface area contributed by atoms with Crippen LogP contribution in [0.2, 0.25) is 0 Å². The fourth-order valence-electron chi connectivity index (χ4n) is 10.3. The summed E-state index contributed by atoms with van der Waals surface area (Å²) < 4.78 is 6.60. The number of piperidine rings is 1. The van der Waals surface area contributed by atoms with Crippen LogP contribution in [0.4, 0.5) is 0 Å². The molecule has 0 aromatic carbocycles. The molecule has 1 aromatic rings. The number of aliphatic hydroxyl groups excluding tert-OH is 1. The minimum Gasteiger partial charge on any atom is -1.00 e. The van der Waals surface area contributed by atoms with Crippen molar-refractivity contribution in [2.75, 3.05) is 91.6 Å². The Hall–Kier alpha value is -6.49. The van der Waals surface area contributed by atoms with E-state index < -0.39 is 127 Å². The third kappa shape index (κ3) is 21.1. The van der Waals surface area contributed by atoms with E-state index in [4.69, 9.17) is 4.74 Å². The largest absolute Gasteiger partial charge is 3.00 e. The molecule has 31 heteroatoms. The van der Waals surface area contributed by atoms with Gasteiger partial charge in [-0.05, 0) is 68.7 Å². The maximum Gasteiger partial charge on any atom is 3.00 e. The molecule has 1 aromatic heterocycles. The smallest absolute Gasteiger partial charge is 1.00 e. The van der Waals surface area contributed by atoms with Crippen LogP contribution in [-0.2, 0) is 70.4 Å². The molecule has 3 fully saturated rings. The van der Waals surface area contributed by atoms with Crippen LogP contribution in [0.5, 0.6) is 0 Å². The summed E-state index contributed by atoms with van der Waals surface area (Å²) in [4.78, 5) is 148. The number of aliphatic hydroxyl groups is 1. The normalized spacial score (nSPS) is 21.8. The van der Waals surface area contributed by atoms with Gasteiger partial charge in [-0.3, -0.25) is 67.4 Å². The first-order valence-electron chi connectivity index (χ1n) is 26.3. The van der Waals surface area contributed by atoms with Crippen molar-refractivity contribution in [1.29, 1.82) is 0 Å². The summed E-state index contributed by atoms with van der Waals surface area (Å²) in [7, 11) is 0. The number of aromatic nitrogens is 1. The molecule has 0 spiro atoms. The molecule has 5 aliphatic rings. The van der Waals surface area contributed by atoms with Crippen molar-refractivity contribution >= 4 is 88.0 Å². The van der Waals surface area contributed by atoms with Crippen molar-refractivity contribution in [2.45, 2.75) is 102 Å². The van der Waals surface area contributed by atoms with Crippen molar-refractivity contribution < 1.29 is 92.0 Å². The number of carboxylic acid groups (broad SMARTS) is 3. The van der Waals surface area contributed by atoms with E-state index in [0.717, 1.165) is 18.4 Å². The molecule has 1 aliphatic carbocycles. The number of carboxylic acids is 3. The topological polar surface area (TPSA) is 368 Å². The van der Waals surface area contributed by atoms with Gasteiger partial charge in [0.05, 0.1) is 56.8 Å². The number of likely N-dealkylation sites (tertiary alicyclic amines) is 1. The van der Waals surface area contributed by atoms with E-state index >= 15 is 0 Å². The molecule has 4 aliphatic heterocycles. The number of aliphatic carboxylic acids is 3. The Morgan fingerprint density at radius 2 is 1.28 bits per heavy atom. The van der Waals surface area contributed by atoms with Gasteiger partial charge in [0.25, 0.3) is 0 Å². The fourth-order valence-corrected chi connectivity index (χ4v) is 10.3. The Morgan fingerprint density at radius 1 is 0.691 bits per heavy atom. The van der Waals surface area contributed by atoms with Gasteiger partial charge in [-0.1, -0.05) is 26.3 Å². The molecule has 3 saturated heterocycles. The van der Waals surface area contributed by atoms with Gasteiger partial charge in [0.2, 0.25) is 41.7 Å². The van der Waals surface area contributed by atoms with Gasteiger partial charge in [-0.2, -0.15) is 0 Å². The molecular weight excluding hydrogens is 1090 g/mol. The standard InChI is InChI=1S/C50H73N11O16.Al.3FH/c1-3-29(2)44(49(75)54-34-9-13-61-12-8-31-20-32(21-33(45(31)61)46(34)72)47(73)55-36-22-43(71)77-50(36)76)56-38(63)24-51-37(62)23-52-48(74)35(4-5-40(65)66)53-39(64)26-57-10-6-30(7-11-57)25-58-14-16-59(27-41(67)68)18-19-60(17-15-58)28-42(69)70;;;;/h8,12,21,29-30,32,34-36,44,50,76H,3-7,9-11,13-20,22-28H2,1-2H3,(H,51,62)(H,52,74)(H,53,64)(H,54,75)(H,55,73)(H,56,63)(H,65,66)(H,67,68)(H,69,70);;3*1H/q;+3;;;/p-3/t29?,32-,34-,35?,36?,44?,50?;;;;/m0..../s1. The first-order chi connectivity index (χ1) is 36.6. The number of hydrogen-bond donors (Lipinski definition) is 10. The maximum absolute atomic E-state index is 14.1. The number of ketones is 1. The summed E-state index contributed by atoms with van der Waals surface area (Å²) in [6.45, 7) is 7.23. The summed E-state index contributed by atoms with van der Waals surface area (Å²) in [5.41, 5.74) is 1.58. The number of cyclic esters (lactones) is 1. The maximum atomic E-state index is 14.1. The van der Waals surface area contributed by atoms with Gasteiger partial charge in [0.1, 0.15) is 18.1 Å². The molecule has 7 atom stereocenters. The molecule has 5 unspecified atom stereocenters. The third-order valence-electron chi connectivity index (χ3n) is 14.8. The quantitative estimate of drug-likeness (QED) is 0.0339. The Balaban J connectivity index is 0.00000560. The minimum absolute atomic E-state index is 0. The Morgan fingerprint density at radius 3 is 1.85 bits per heavy atom.